The van der Waals surface area contributed by atoms with Crippen LogP contribution in [0.25, 0.3) is 27.9 Å². The number of H-pyrrole nitrogens is 2. The second-order valence-corrected chi connectivity index (χ2v) is 5.46. The summed E-state index contributed by atoms with van der Waals surface area (Å²) < 4.78 is 0.764. The zero-order chi connectivity index (χ0) is 15.5. The molecule has 0 bridgehead atoms. The van der Waals surface area contributed by atoms with Crippen LogP contribution in [-0.2, 0) is 0 Å². The van der Waals surface area contributed by atoms with E-state index in [1.807, 2.05) is 31.5 Å². The predicted molar refractivity (Wildman–Crippen MR) is 90.2 cm³/mol. The Balaban J connectivity index is 0.000000133. The molecule has 22 heavy (non-hydrogen) atoms. The third-order valence-electron chi connectivity index (χ3n) is 2.93. The number of rotatable bonds is 1. The highest BCUT2D eigenvalue weighted by Gasteiger charge is 1.99. The number of halogens is 1. The Morgan fingerprint density at radius 2 is 1.59 bits per heavy atom. The maximum atomic E-state index is 4.34. The molecule has 110 valence electrons. The molecular weight excluding hydrogens is 344 g/mol. The Morgan fingerprint density at radius 1 is 1.00 bits per heavy atom. The molecule has 6 nitrogen and oxygen atoms in total. The second kappa shape index (κ2) is 6.07. The van der Waals surface area contributed by atoms with E-state index in [1.54, 1.807) is 12.4 Å². The summed E-state index contributed by atoms with van der Waals surface area (Å²) in [5.41, 5.74) is 5.20. The number of nitrogens with zero attached hydrogens (tertiary/aromatic N) is 4. The molecule has 0 fully saturated rings. The van der Waals surface area contributed by atoms with Crippen molar-refractivity contribution in [3.63, 3.8) is 0 Å². The molecule has 4 aromatic rings. The number of nitrogens with one attached hydrogen (secondary N) is 2. The highest BCUT2D eigenvalue weighted by molar-refractivity contribution is 9.10. The molecular formula is C15H13BrN6. The van der Waals surface area contributed by atoms with Crippen molar-refractivity contribution in [3.8, 4) is 0 Å². The van der Waals surface area contributed by atoms with Crippen LogP contribution in [0, 0.1) is 0 Å². The fourth-order valence-corrected chi connectivity index (χ4v) is 2.14. The number of allylic oxidation sites excluding steroid dienone is 1. The van der Waals surface area contributed by atoms with Crippen LogP contribution in [-0.4, -0.2) is 29.9 Å². The van der Waals surface area contributed by atoms with E-state index in [-0.39, 0.29) is 0 Å². The summed E-state index contributed by atoms with van der Waals surface area (Å²) in [6.07, 6.45) is 7.03. The van der Waals surface area contributed by atoms with Crippen LogP contribution in [0.4, 0.5) is 0 Å². The van der Waals surface area contributed by atoms with Crippen LogP contribution >= 0.6 is 15.9 Å². The molecule has 0 amide bonds. The molecule has 4 heterocycles. The van der Waals surface area contributed by atoms with Gasteiger partial charge in [-0.05, 0) is 40.6 Å². The largest absolute Gasteiger partial charge is 0.345 e. The van der Waals surface area contributed by atoms with Crippen LogP contribution in [0.1, 0.15) is 12.6 Å². The van der Waals surface area contributed by atoms with Crippen molar-refractivity contribution in [1.29, 1.82) is 0 Å². The first-order valence-corrected chi connectivity index (χ1v) is 7.34. The summed E-state index contributed by atoms with van der Waals surface area (Å²) in [6, 6.07) is 3.78. The fraction of sp³-hybridized carbons (Fsp3) is 0.0667. The first kappa shape index (κ1) is 14.4. The molecule has 4 aromatic heterocycles. The first-order valence-electron chi connectivity index (χ1n) is 6.55. The van der Waals surface area contributed by atoms with E-state index >= 15 is 0 Å². The minimum absolute atomic E-state index is 0.764. The van der Waals surface area contributed by atoms with Gasteiger partial charge in [0.05, 0.1) is 18.1 Å². The molecule has 0 atom stereocenters. The van der Waals surface area contributed by atoms with Gasteiger partial charge in [-0.15, -0.1) is 0 Å². The molecule has 0 spiro atoms. The summed E-state index contributed by atoms with van der Waals surface area (Å²) in [5.74, 6) is 0. The molecule has 4 rings (SSSR count). The Kier molecular flexibility index (Phi) is 3.97. The van der Waals surface area contributed by atoms with Crippen molar-refractivity contribution >= 4 is 43.8 Å². The lowest BCUT2D eigenvalue weighted by Crippen LogP contribution is -1.87. The van der Waals surface area contributed by atoms with Crippen molar-refractivity contribution < 1.29 is 0 Å². The number of aromatic nitrogens is 6. The van der Waals surface area contributed by atoms with Crippen molar-refractivity contribution in [2.45, 2.75) is 6.92 Å². The molecule has 0 unspecified atom stereocenters. The van der Waals surface area contributed by atoms with Crippen molar-refractivity contribution in [3.05, 3.63) is 53.8 Å². The summed E-state index contributed by atoms with van der Waals surface area (Å²) in [4.78, 5) is 22.7. The van der Waals surface area contributed by atoms with Gasteiger partial charge in [0.2, 0.25) is 0 Å². The van der Waals surface area contributed by atoms with Gasteiger partial charge in [0, 0.05) is 12.4 Å². The number of hydrogen-bond donors (Lipinski definition) is 2. The third kappa shape index (κ3) is 3.04. The molecule has 0 saturated heterocycles. The van der Waals surface area contributed by atoms with Gasteiger partial charge in [-0.1, -0.05) is 6.58 Å². The van der Waals surface area contributed by atoms with Gasteiger partial charge in [0.25, 0.3) is 0 Å². The molecule has 0 aliphatic heterocycles. The smallest absolute Gasteiger partial charge is 0.156 e. The summed E-state index contributed by atoms with van der Waals surface area (Å²) >= 11 is 3.23. The van der Waals surface area contributed by atoms with E-state index in [0.717, 1.165) is 38.2 Å². The summed E-state index contributed by atoms with van der Waals surface area (Å²) in [7, 11) is 0. The van der Waals surface area contributed by atoms with E-state index in [1.165, 1.54) is 0 Å². The highest BCUT2D eigenvalue weighted by atomic mass is 79.9. The van der Waals surface area contributed by atoms with E-state index in [9.17, 15) is 0 Å². The predicted octanol–water partition coefficient (Wildman–Crippen LogP) is 3.71. The molecule has 0 aliphatic rings. The second-order valence-electron chi connectivity index (χ2n) is 4.65. The Labute approximate surface area is 134 Å². The van der Waals surface area contributed by atoms with E-state index < -0.39 is 0 Å². The lowest BCUT2D eigenvalue weighted by Gasteiger charge is -1.96. The average Bonchev–Trinajstić information content (AvgIpc) is 3.14. The van der Waals surface area contributed by atoms with Crippen molar-refractivity contribution in [2.75, 3.05) is 0 Å². The molecule has 0 radical (unpaired) electrons. The van der Waals surface area contributed by atoms with Gasteiger partial charge in [0.1, 0.15) is 15.6 Å². The van der Waals surface area contributed by atoms with Gasteiger partial charge >= 0.3 is 0 Å². The standard InChI is InChI=1S/C9H9N3.C6H4BrN3/c1-6(2)8-5-11-9-7(12-8)3-4-10-9;7-5-3-9-6-4(10-5)1-2-8-6/h3-5H,1H2,2H3,(H,10,11);1-3H,(H,8,9). The zero-order valence-electron chi connectivity index (χ0n) is 11.8. The van der Waals surface area contributed by atoms with Gasteiger partial charge in [-0.3, -0.25) is 0 Å². The van der Waals surface area contributed by atoms with Gasteiger partial charge in [0.15, 0.2) is 11.3 Å². The average molecular weight is 357 g/mol. The molecule has 7 heteroatoms. The lowest BCUT2D eigenvalue weighted by atomic mass is 10.2. The lowest BCUT2D eigenvalue weighted by molar-refractivity contribution is 1.23. The zero-order valence-corrected chi connectivity index (χ0v) is 13.4. The van der Waals surface area contributed by atoms with Gasteiger partial charge < -0.3 is 9.97 Å². The first-order chi connectivity index (χ1) is 10.6. The molecule has 0 aromatic carbocycles. The van der Waals surface area contributed by atoms with Crippen LogP contribution in [0.5, 0.6) is 0 Å². The van der Waals surface area contributed by atoms with Crippen LogP contribution < -0.4 is 0 Å². The van der Waals surface area contributed by atoms with E-state index in [4.69, 9.17) is 0 Å². The van der Waals surface area contributed by atoms with E-state index in [2.05, 4.69) is 52.4 Å². The van der Waals surface area contributed by atoms with Crippen molar-refractivity contribution in [2.24, 2.45) is 0 Å². The Morgan fingerprint density at radius 3 is 2.23 bits per heavy atom. The van der Waals surface area contributed by atoms with Gasteiger partial charge in [-0.2, -0.15) is 0 Å². The molecule has 0 aliphatic carbocycles. The molecule has 2 N–H and O–H groups in total. The number of hydrogen-bond acceptors (Lipinski definition) is 4. The Bertz CT molecular complexity index is 939. The van der Waals surface area contributed by atoms with Gasteiger partial charge in [-0.25, -0.2) is 19.9 Å². The van der Waals surface area contributed by atoms with E-state index in [0.29, 0.717) is 0 Å². The van der Waals surface area contributed by atoms with Crippen LogP contribution in [0.2, 0.25) is 0 Å². The third-order valence-corrected chi connectivity index (χ3v) is 3.31. The quantitative estimate of drug-likeness (QED) is 0.544. The fourth-order valence-electron chi connectivity index (χ4n) is 1.84. The summed E-state index contributed by atoms with van der Waals surface area (Å²) in [5, 5.41) is 0. The maximum absolute atomic E-state index is 4.34. The molecule has 0 saturated carbocycles. The number of fused-ring (bicyclic) bond motifs is 2. The Hall–Kier alpha value is -2.54. The van der Waals surface area contributed by atoms with Crippen LogP contribution in [0.3, 0.4) is 0 Å². The summed E-state index contributed by atoms with van der Waals surface area (Å²) in [6.45, 7) is 5.72. The van der Waals surface area contributed by atoms with Crippen LogP contribution in [0.15, 0.2) is 48.1 Å². The minimum Gasteiger partial charge on any atom is -0.345 e. The normalized spacial score (nSPS) is 10.5. The monoisotopic (exact) mass is 356 g/mol. The SMILES string of the molecule is Brc1cnc2[nH]ccc2n1.C=C(C)c1cnc2[nH]ccc2n1. The highest BCUT2D eigenvalue weighted by Crippen LogP contribution is 2.11. The minimum atomic E-state index is 0.764. The van der Waals surface area contributed by atoms with Crippen molar-refractivity contribution in [1.82, 2.24) is 29.9 Å². The maximum Gasteiger partial charge on any atom is 0.156 e. The number of aromatic amines is 2. The topological polar surface area (TPSA) is 83.1 Å².